The minimum absolute atomic E-state index is 0.220. The Bertz CT molecular complexity index is 379. The summed E-state index contributed by atoms with van der Waals surface area (Å²) in [5, 5.41) is 1.41. The summed E-state index contributed by atoms with van der Waals surface area (Å²) < 4.78 is 0. The van der Waals surface area contributed by atoms with Gasteiger partial charge in [0.15, 0.2) is 0 Å². The average molecular weight is 286 g/mol. The molecule has 0 spiro atoms. The molecule has 3 heteroatoms. The van der Waals surface area contributed by atoms with E-state index in [2.05, 4.69) is 33.8 Å². The van der Waals surface area contributed by atoms with Crippen LogP contribution in [0.25, 0.3) is 0 Å². The standard InChI is InChI=1S/C15H24ClNS/c1-5-13(17)9-12-7-6-8-14(16)15(12)18-11(4)10(2)3/h6-8,10-11,13H,5,9,17H2,1-4H3. The molecule has 1 aromatic rings. The number of rotatable bonds is 6. The SMILES string of the molecule is CCC(N)Cc1cccc(Cl)c1SC(C)C(C)C. The molecule has 0 amide bonds. The number of benzene rings is 1. The van der Waals surface area contributed by atoms with Crippen molar-refractivity contribution in [2.45, 2.75) is 56.7 Å². The summed E-state index contributed by atoms with van der Waals surface area (Å²) in [6.45, 7) is 8.86. The molecule has 1 nitrogen and oxygen atoms in total. The molecule has 0 aliphatic heterocycles. The number of hydrogen-bond acceptors (Lipinski definition) is 2. The van der Waals surface area contributed by atoms with Crippen LogP contribution < -0.4 is 5.73 Å². The molecule has 0 saturated carbocycles. The summed E-state index contributed by atoms with van der Waals surface area (Å²) in [6.07, 6.45) is 1.90. The first-order valence-electron chi connectivity index (χ1n) is 6.65. The summed E-state index contributed by atoms with van der Waals surface area (Å²) in [5.41, 5.74) is 7.35. The Kier molecular flexibility index (Phi) is 6.54. The van der Waals surface area contributed by atoms with Crippen molar-refractivity contribution >= 4 is 23.4 Å². The van der Waals surface area contributed by atoms with Crippen molar-refractivity contribution in [2.75, 3.05) is 0 Å². The second-order valence-electron chi connectivity index (χ2n) is 5.17. The van der Waals surface area contributed by atoms with E-state index in [1.54, 1.807) is 0 Å². The Labute approximate surface area is 120 Å². The minimum atomic E-state index is 0.220. The van der Waals surface area contributed by atoms with E-state index >= 15 is 0 Å². The third kappa shape index (κ3) is 4.49. The van der Waals surface area contributed by atoms with E-state index in [-0.39, 0.29) is 6.04 Å². The van der Waals surface area contributed by atoms with Crippen molar-refractivity contribution in [3.8, 4) is 0 Å². The van der Waals surface area contributed by atoms with Crippen LogP contribution in [0.4, 0.5) is 0 Å². The molecule has 1 aromatic carbocycles. The molecule has 0 fully saturated rings. The fourth-order valence-electron chi connectivity index (χ4n) is 1.60. The topological polar surface area (TPSA) is 26.0 Å². The van der Waals surface area contributed by atoms with Gasteiger partial charge in [0.2, 0.25) is 0 Å². The van der Waals surface area contributed by atoms with Crippen LogP contribution in [0.2, 0.25) is 5.02 Å². The molecular weight excluding hydrogens is 262 g/mol. The zero-order chi connectivity index (χ0) is 13.7. The van der Waals surface area contributed by atoms with E-state index < -0.39 is 0 Å². The molecule has 0 saturated heterocycles. The molecule has 0 aromatic heterocycles. The van der Waals surface area contributed by atoms with Gasteiger partial charge in [-0.2, -0.15) is 0 Å². The maximum absolute atomic E-state index is 6.34. The molecule has 2 unspecified atom stereocenters. The van der Waals surface area contributed by atoms with Gasteiger partial charge in [0.25, 0.3) is 0 Å². The number of nitrogens with two attached hydrogens (primary N) is 1. The van der Waals surface area contributed by atoms with Gasteiger partial charge in [-0.25, -0.2) is 0 Å². The summed E-state index contributed by atoms with van der Waals surface area (Å²) >= 11 is 8.21. The van der Waals surface area contributed by atoms with Gasteiger partial charge in [-0.3, -0.25) is 0 Å². The largest absolute Gasteiger partial charge is 0.327 e. The quantitative estimate of drug-likeness (QED) is 0.763. The van der Waals surface area contributed by atoms with Crippen molar-refractivity contribution in [2.24, 2.45) is 11.7 Å². The van der Waals surface area contributed by atoms with Gasteiger partial charge < -0.3 is 5.73 Å². The minimum Gasteiger partial charge on any atom is -0.327 e. The van der Waals surface area contributed by atoms with E-state index in [1.165, 1.54) is 10.5 Å². The van der Waals surface area contributed by atoms with Crippen molar-refractivity contribution in [3.05, 3.63) is 28.8 Å². The van der Waals surface area contributed by atoms with Crippen LogP contribution in [0.5, 0.6) is 0 Å². The Morgan fingerprint density at radius 2 is 1.94 bits per heavy atom. The van der Waals surface area contributed by atoms with Crippen molar-refractivity contribution < 1.29 is 0 Å². The highest BCUT2D eigenvalue weighted by Gasteiger charge is 2.15. The van der Waals surface area contributed by atoms with Crippen LogP contribution in [-0.2, 0) is 6.42 Å². The molecule has 18 heavy (non-hydrogen) atoms. The molecule has 2 atom stereocenters. The van der Waals surface area contributed by atoms with Crippen molar-refractivity contribution in [3.63, 3.8) is 0 Å². The van der Waals surface area contributed by atoms with Crippen LogP contribution in [0.3, 0.4) is 0 Å². The summed E-state index contributed by atoms with van der Waals surface area (Å²) in [6, 6.07) is 6.36. The summed E-state index contributed by atoms with van der Waals surface area (Å²) in [7, 11) is 0. The molecule has 1 rings (SSSR count). The Hall–Kier alpha value is -0.180. The molecule has 0 bridgehead atoms. The lowest BCUT2D eigenvalue weighted by atomic mass is 10.0. The van der Waals surface area contributed by atoms with Crippen LogP contribution in [-0.4, -0.2) is 11.3 Å². The monoisotopic (exact) mass is 285 g/mol. The Balaban J connectivity index is 2.93. The number of thioether (sulfide) groups is 1. The number of halogens is 1. The third-order valence-electron chi connectivity index (χ3n) is 3.30. The zero-order valence-electron chi connectivity index (χ0n) is 11.7. The van der Waals surface area contributed by atoms with Crippen LogP contribution >= 0.6 is 23.4 Å². The van der Waals surface area contributed by atoms with Crippen LogP contribution in [0.1, 0.15) is 39.7 Å². The van der Waals surface area contributed by atoms with Gasteiger partial charge in [-0.05, 0) is 30.4 Å². The Morgan fingerprint density at radius 3 is 2.50 bits per heavy atom. The van der Waals surface area contributed by atoms with Gasteiger partial charge in [0.1, 0.15) is 0 Å². The zero-order valence-corrected chi connectivity index (χ0v) is 13.3. The second kappa shape index (κ2) is 7.42. The molecule has 0 heterocycles. The highest BCUT2D eigenvalue weighted by Crippen LogP contribution is 2.36. The first-order valence-corrected chi connectivity index (χ1v) is 7.91. The van der Waals surface area contributed by atoms with E-state index in [9.17, 15) is 0 Å². The molecule has 0 aliphatic carbocycles. The van der Waals surface area contributed by atoms with Gasteiger partial charge in [-0.15, -0.1) is 11.8 Å². The lowest BCUT2D eigenvalue weighted by Gasteiger charge is -2.19. The van der Waals surface area contributed by atoms with E-state index in [4.69, 9.17) is 17.3 Å². The fraction of sp³-hybridized carbons (Fsp3) is 0.600. The van der Waals surface area contributed by atoms with Gasteiger partial charge in [0.05, 0.1) is 5.02 Å². The lowest BCUT2D eigenvalue weighted by molar-refractivity contribution is 0.635. The van der Waals surface area contributed by atoms with Crippen molar-refractivity contribution in [1.29, 1.82) is 0 Å². The lowest BCUT2D eigenvalue weighted by Crippen LogP contribution is -2.22. The number of hydrogen-bond donors (Lipinski definition) is 1. The molecule has 0 radical (unpaired) electrons. The van der Waals surface area contributed by atoms with E-state index in [1.807, 2.05) is 23.9 Å². The Morgan fingerprint density at radius 1 is 1.28 bits per heavy atom. The maximum atomic E-state index is 6.34. The van der Waals surface area contributed by atoms with E-state index in [0.717, 1.165) is 17.9 Å². The third-order valence-corrected chi connectivity index (χ3v) is 5.36. The highest BCUT2D eigenvalue weighted by molar-refractivity contribution is 8.00. The predicted molar refractivity (Wildman–Crippen MR) is 83.6 cm³/mol. The first-order chi connectivity index (χ1) is 8.45. The molecule has 0 aliphatic rings. The normalized spacial score (nSPS) is 14.8. The maximum Gasteiger partial charge on any atom is 0.0544 e. The average Bonchev–Trinajstić information content (AvgIpc) is 2.32. The smallest absolute Gasteiger partial charge is 0.0544 e. The molecule has 2 N–H and O–H groups in total. The molecular formula is C15H24ClNS. The van der Waals surface area contributed by atoms with Gasteiger partial charge in [0, 0.05) is 16.2 Å². The highest BCUT2D eigenvalue weighted by atomic mass is 35.5. The van der Waals surface area contributed by atoms with Gasteiger partial charge in [-0.1, -0.05) is 51.4 Å². The predicted octanol–water partition coefficient (Wildman–Crippen LogP) is 4.76. The second-order valence-corrected chi connectivity index (χ2v) is 6.96. The van der Waals surface area contributed by atoms with Gasteiger partial charge >= 0.3 is 0 Å². The van der Waals surface area contributed by atoms with Crippen LogP contribution in [0.15, 0.2) is 23.1 Å². The van der Waals surface area contributed by atoms with Crippen LogP contribution in [0, 0.1) is 5.92 Å². The van der Waals surface area contributed by atoms with Crippen molar-refractivity contribution in [1.82, 2.24) is 0 Å². The molecule has 102 valence electrons. The summed E-state index contributed by atoms with van der Waals surface area (Å²) in [5.74, 6) is 0.638. The first kappa shape index (κ1) is 15.9. The summed E-state index contributed by atoms with van der Waals surface area (Å²) in [4.78, 5) is 1.21. The fourth-order valence-corrected chi connectivity index (χ4v) is 3.05. The van der Waals surface area contributed by atoms with E-state index in [0.29, 0.717) is 11.2 Å².